The lowest BCUT2D eigenvalue weighted by atomic mass is 10.4. The topological polar surface area (TPSA) is 47.0 Å². The highest BCUT2D eigenvalue weighted by molar-refractivity contribution is 9.10. The van der Waals surface area contributed by atoms with Gasteiger partial charge in [-0.15, -0.1) is 0 Å². The van der Waals surface area contributed by atoms with Gasteiger partial charge in [0.25, 0.3) is 0 Å². The molecule has 0 spiro atoms. The fourth-order valence-electron chi connectivity index (χ4n) is 1.34. The van der Waals surface area contributed by atoms with Crippen LogP contribution >= 0.6 is 27.7 Å². The summed E-state index contributed by atoms with van der Waals surface area (Å²) in [4.78, 5) is 9.03. The zero-order valence-electron chi connectivity index (χ0n) is 11.3. The highest BCUT2D eigenvalue weighted by Gasteiger charge is 2.12. The molecular formula is C12H20BrN3OS. The minimum atomic E-state index is 0.485. The van der Waals surface area contributed by atoms with E-state index < -0.39 is 0 Å². The average Bonchev–Trinajstić information content (AvgIpc) is 2.39. The molecule has 1 N–H and O–H groups in total. The molecular weight excluding hydrogens is 314 g/mol. The van der Waals surface area contributed by atoms with Crippen LogP contribution in [0.4, 0.5) is 5.82 Å². The van der Waals surface area contributed by atoms with Gasteiger partial charge in [-0.1, -0.05) is 13.8 Å². The molecule has 1 rings (SSSR count). The number of rotatable bonds is 7. The van der Waals surface area contributed by atoms with Crippen molar-refractivity contribution in [1.82, 2.24) is 9.97 Å². The van der Waals surface area contributed by atoms with Gasteiger partial charge in [-0.25, -0.2) is 9.97 Å². The molecule has 1 atom stereocenters. The Kier molecular flexibility index (Phi) is 6.96. The predicted octanol–water partition coefficient (Wildman–Crippen LogP) is 3.46. The van der Waals surface area contributed by atoms with Crippen LogP contribution in [0.3, 0.4) is 0 Å². The van der Waals surface area contributed by atoms with Crippen LogP contribution in [0.25, 0.3) is 0 Å². The summed E-state index contributed by atoms with van der Waals surface area (Å²) < 4.78 is 6.03. The van der Waals surface area contributed by atoms with E-state index in [2.05, 4.69) is 45.1 Å². The molecule has 0 aliphatic heterocycles. The zero-order chi connectivity index (χ0) is 13.5. The molecule has 1 heterocycles. The number of ether oxygens (including phenoxy) is 1. The summed E-state index contributed by atoms with van der Waals surface area (Å²) in [5, 5.41) is 3.70. The Labute approximate surface area is 121 Å². The average molecular weight is 334 g/mol. The van der Waals surface area contributed by atoms with Crippen LogP contribution in [0, 0.1) is 0 Å². The quantitative estimate of drug-likeness (QED) is 0.827. The molecule has 6 heteroatoms. The first-order valence-electron chi connectivity index (χ1n) is 5.95. The van der Waals surface area contributed by atoms with Gasteiger partial charge in [0.15, 0.2) is 0 Å². The molecule has 0 fully saturated rings. The summed E-state index contributed by atoms with van der Waals surface area (Å²) in [5.74, 6) is 2.49. The summed E-state index contributed by atoms with van der Waals surface area (Å²) >= 11 is 5.37. The largest absolute Gasteiger partial charge is 0.378 e. The summed E-state index contributed by atoms with van der Waals surface area (Å²) in [6.45, 7) is 4.90. The van der Waals surface area contributed by atoms with E-state index >= 15 is 0 Å². The summed E-state index contributed by atoms with van der Waals surface area (Å²) in [6.07, 6.45) is 1.16. The van der Waals surface area contributed by atoms with Crippen LogP contribution in [-0.4, -0.2) is 29.4 Å². The van der Waals surface area contributed by atoms with Gasteiger partial charge < -0.3 is 10.1 Å². The van der Waals surface area contributed by atoms with Crippen LogP contribution < -0.4 is 5.32 Å². The molecule has 1 aromatic heterocycles. The lowest BCUT2D eigenvalue weighted by Gasteiger charge is -2.12. The van der Waals surface area contributed by atoms with Gasteiger partial charge in [0.1, 0.15) is 11.6 Å². The monoisotopic (exact) mass is 333 g/mol. The molecule has 102 valence electrons. The van der Waals surface area contributed by atoms with Crippen molar-refractivity contribution in [3.05, 3.63) is 16.0 Å². The molecule has 18 heavy (non-hydrogen) atoms. The van der Waals surface area contributed by atoms with Crippen molar-refractivity contribution in [3.63, 3.8) is 0 Å². The normalized spacial score (nSPS) is 12.5. The van der Waals surface area contributed by atoms with E-state index in [0.717, 1.165) is 34.0 Å². The smallest absolute Gasteiger partial charge is 0.144 e. The van der Waals surface area contributed by atoms with Crippen molar-refractivity contribution < 1.29 is 4.74 Å². The molecule has 0 saturated carbocycles. The van der Waals surface area contributed by atoms with Crippen molar-refractivity contribution in [1.29, 1.82) is 0 Å². The first-order chi connectivity index (χ1) is 8.62. The van der Waals surface area contributed by atoms with E-state index in [4.69, 9.17) is 4.74 Å². The van der Waals surface area contributed by atoms with E-state index in [1.807, 2.05) is 18.8 Å². The number of nitrogens with one attached hydrogen (secondary N) is 1. The van der Waals surface area contributed by atoms with Gasteiger partial charge >= 0.3 is 0 Å². The number of aromatic nitrogens is 2. The molecule has 0 aliphatic rings. The Morgan fingerprint density at radius 2 is 2.17 bits per heavy atom. The Morgan fingerprint density at radius 1 is 1.44 bits per heavy atom. The van der Waals surface area contributed by atoms with E-state index in [1.165, 1.54) is 0 Å². The summed E-state index contributed by atoms with van der Waals surface area (Å²) in [5.41, 5.74) is 0.886. The molecule has 0 aliphatic carbocycles. The van der Waals surface area contributed by atoms with Crippen LogP contribution in [0.15, 0.2) is 4.47 Å². The van der Waals surface area contributed by atoms with Gasteiger partial charge in [-0.2, -0.15) is 11.8 Å². The summed E-state index contributed by atoms with van der Waals surface area (Å²) in [7, 11) is 3.52. The van der Waals surface area contributed by atoms with Crippen molar-refractivity contribution in [2.24, 2.45) is 0 Å². The minimum Gasteiger partial charge on any atom is -0.378 e. The SMILES string of the molecule is CCC(C)SCc1nc(COC)c(Br)c(NC)n1. The third kappa shape index (κ3) is 4.40. The number of thioether (sulfide) groups is 1. The molecule has 0 saturated heterocycles. The number of methoxy groups -OCH3 is 1. The van der Waals surface area contributed by atoms with Gasteiger partial charge in [-0.05, 0) is 22.4 Å². The van der Waals surface area contributed by atoms with Crippen LogP contribution in [0.2, 0.25) is 0 Å². The predicted molar refractivity (Wildman–Crippen MR) is 81.0 cm³/mol. The van der Waals surface area contributed by atoms with E-state index in [-0.39, 0.29) is 0 Å². The first kappa shape index (κ1) is 15.7. The van der Waals surface area contributed by atoms with Gasteiger partial charge in [0.2, 0.25) is 0 Å². The minimum absolute atomic E-state index is 0.485. The maximum Gasteiger partial charge on any atom is 0.144 e. The van der Waals surface area contributed by atoms with Gasteiger partial charge in [0, 0.05) is 19.4 Å². The van der Waals surface area contributed by atoms with Crippen molar-refractivity contribution in [3.8, 4) is 0 Å². The highest BCUT2D eigenvalue weighted by Crippen LogP contribution is 2.26. The number of hydrogen-bond acceptors (Lipinski definition) is 5. The number of halogens is 1. The molecule has 1 unspecified atom stereocenters. The maximum atomic E-state index is 5.16. The standard InChI is InChI=1S/C12H20BrN3OS/c1-5-8(2)18-7-10-15-9(6-17-4)11(13)12(14-3)16-10/h8H,5-7H2,1-4H3,(H,14,15,16). The number of nitrogens with zero attached hydrogens (tertiary/aromatic N) is 2. The van der Waals surface area contributed by atoms with Crippen LogP contribution in [0.1, 0.15) is 31.8 Å². The van der Waals surface area contributed by atoms with Crippen molar-refractivity contribution in [2.75, 3.05) is 19.5 Å². The number of anilines is 1. The Balaban J connectivity index is 2.87. The molecule has 0 aromatic carbocycles. The first-order valence-corrected chi connectivity index (χ1v) is 7.80. The zero-order valence-corrected chi connectivity index (χ0v) is 13.7. The van der Waals surface area contributed by atoms with E-state index in [9.17, 15) is 0 Å². The lowest BCUT2D eigenvalue weighted by Crippen LogP contribution is -2.07. The van der Waals surface area contributed by atoms with Crippen LogP contribution in [0.5, 0.6) is 0 Å². The summed E-state index contributed by atoms with van der Waals surface area (Å²) in [6, 6.07) is 0. The molecule has 1 aromatic rings. The van der Waals surface area contributed by atoms with Gasteiger partial charge in [0.05, 0.1) is 22.5 Å². The molecule has 0 radical (unpaired) electrons. The Bertz CT molecular complexity index is 390. The second kappa shape index (κ2) is 7.96. The van der Waals surface area contributed by atoms with E-state index in [0.29, 0.717) is 11.9 Å². The maximum absolute atomic E-state index is 5.16. The Morgan fingerprint density at radius 3 is 2.72 bits per heavy atom. The second-order valence-corrected chi connectivity index (χ2v) is 6.18. The third-order valence-electron chi connectivity index (χ3n) is 2.56. The number of hydrogen-bond donors (Lipinski definition) is 1. The Hall–Kier alpha value is -0.330. The highest BCUT2D eigenvalue weighted by atomic mass is 79.9. The lowest BCUT2D eigenvalue weighted by molar-refractivity contribution is 0.180. The molecule has 4 nitrogen and oxygen atoms in total. The second-order valence-electron chi connectivity index (χ2n) is 3.96. The molecule has 0 bridgehead atoms. The molecule has 0 amide bonds. The van der Waals surface area contributed by atoms with Crippen LogP contribution in [-0.2, 0) is 17.1 Å². The fraction of sp³-hybridized carbons (Fsp3) is 0.667. The third-order valence-corrected chi connectivity index (χ3v) is 4.72. The van der Waals surface area contributed by atoms with Crippen molar-refractivity contribution >= 4 is 33.5 Å². The van der Waals surface area contributed by atoms with Crippen molar-refractivity contribution in [2.45, 2.75) is 37.9 Å². The van der Waals surface area contributed by atoms with Gasteiger partial charge in [-0.3, -0.25) is 0 Å². The fourth-order valence-corrected chi connectivity index (χ4v) is 2.63. The van der Waals surface area contributed by atoms with E-state index in [1.54, 1.807) is 7.11 Å².